The maximum Gasteiger partial charge on any atom is 0.422 e. The van der Waals surface area contributed by atoms with E-state index in [1.165, 1.54) is 7.05 Å². The highest BCUT2D eigenvalue weighted by atomic mass is 19.4. The van der Waals surface area contributed by atoms with E-state index in [0.29, 0.717) is 6.07 Å². The van der Waals surface area contributed by atoms with Crippen LogP contribution in [0.15, 0.2) is 6.07 Å². The van der Waals surface area contributed by atoms with Gasteiger partial charge in [0, 0.05) is 13.1 Å². The molecule has 0 unspecified atom stereocenters. The number of nitrogens with one attached hydrogen (secondary N) is 1. The molecule has 3 nitrogen and oxygen atoms in total. The van der Waals surface area contributed by atoms with E-state index >= 15 is 0 Å². The number of ether oxygens (including phenoxy) is 1. The number of hydrogen-bond donors (Lipinski definition) is 1. The highest BCUT2D eigenvalue weighted by Gasteiger charge is 2.29. The molecule has 1 heterocycles. The van der Waals surface area contributed by atoms with Crippen molar-refractivity contribution in [2.24, 2.45) is 0 Å². The van der Waals surface area contributed by atoms with Gasteiger partial charge in [-0.05, 0) is 0 Å². The van der Waals surface area contributed by atoms with Crippen LogP contribution in [-0.2, 0) is 0 Å². The first-order valence-electron chi connectivity index (χ1n) is 4.07. The Hall–Kier alpha value is -1.60. The molecule has 8 heteroatoms. The van der Waals surface area contributed by atoms with E-state index in [0.717, 1.165) is 0 Å². The van der Waals surface area contributed by atoms with E-state index in [1.807, 2.05) is 0 Å². The molecule has 0 aliphatic heterocycles. The molecule has 1 rings (SSSR count). The number of nitrogens with zero attached hydrogens (tertiary/aromatic N) is 1. The largest absolute Gasteiger partial charge is 0.466 e. The van der Waals surface area contributed by atoms with Gasteiger partial charge in [0.2, 0.25) is 0 Å². The molecule has 0 atom stereocenters. The van der Waals surface area contributed by atoms with Crippen molar-refractivity contribution in [2.45, 2.75) is 6.18 Å². The smallest absolute Gasteiger partial charge is 0.422 e. The molecule has 16 heavy (non-hydrogen) atoms. The van der Waals surface area contributed by atoms with Gasteiger partial charge in [0.05, 0.1) is 0 Å². The highest BCUT2D eigenvalue weighted by molar-refractivity contribution is 5.38. The molecule has 0 bridgehead atoms. The van der Waals surface area contributed by atoms with Gasteiger partial charge in [-0.2, -0.15) is 18.2 Å². The van der Waals surface area contributed by atoms with Gasteiger partial charge >= 0.3 is 6.18 Å². The summed E-state index contributed by atoms with van der Waals surface area (Å²) in [5.74, 6) is -3.60. The molecule has 0 saturated heterocycles. The molecular weight excluding hydrogens is 235 g/mol. The van der Waals surface area contributed by atoms with Gasteiger partial charge in [0.1, 0.15) is 0 Å². The first-order chi connectivity index (χ1) is 7.33. The van der Waals surface area contributed by atoms with Crippen LogP contribution >= 0.6 is 0 Å². The molecule has 1 aromatic heterocycles. The fourth-order valence-electron chi connectivity index (χ4n) is 0.876. The molecule has 0 aliphatic carbocycles. The van der Waals surface area contributed by atoms with Gasteiger partial charge in [-0.3, -0.25) is 0 Å². The average molecular weight is 242 g/mol. The van der Waals surface area contributed by atoms with E-state index in [2.05, 4.69) is 15.0 Å². The molecule has 0 spiro atoms. The van der Waals surface area contributed by atoms with Gasteiger partial charge in [-0.15, -0.1) is 0 Å². The maximum atomic E-state index is 12.9. The Morgan fingerprint density at radius 2 is 1.94 bits per heavy atom. The Bertz CT molecular complexity index is 379. The SMILES string of the molecule is CNc1nc(OCC(F)(F)F)c(F)cc1F. The van der Waals surface area contributed by atoms with Crippen molar-refractivity contribution in [3.63, 3.8) is 0 Å². The first kappa shape index (κ1) is 12.5. The third-order valence-corrected chi connectivity index (χ3v) is 1.51. The van der Waals surface area contributed by atoms with Crippen molar-refractivity contribution >= 4 is 5.82 Å². The predicted molar refractivity (Wildman–Crippen MR) is 45.2 cm³/mol. The summed E-state index contributed by atoms with van der Waals surface area (Å²) in [4.78, 5) is 3.21. The van der Waals surface area contributed by atoms with Crippen LogP contribution in [0.3, 0.4) is 0 Å². The third kappa shape index (κ3) is 3.21. The highest BCUT2D eigenvalue weighted by Crippen LogP contribution is 2.23. The molecule has 90 valence electrons. The molecule has 0 saturated carbocycles. The molecule has 0 aliphatic rings. The second kappa shape index (κ2) is 4.50. The Kier molecular flexibility index (Phi) is 3.51. The Labute approximate surface area is 87.2 Å². The van der Waals surface area contributed by atoms with Crippen LogP contribution < -0.4 is 10.1 Å². The zero-order valence-electron chi connectivity index (χ0n) is 8.03. The van der Waals surface area contributed by atoms with Crippen LogP contribution in [0.1, 0.15) is 0 Å². The number of anilines is 1. The Morgan fingerprint density at radius 3 is 2.44 bits per heavy atom. The summed E-state index contributed by atoms with van der Waals surface area (Å²) in [7, 11) is 1.29. The van der Waals surface area contributed by atoms with Gasteiger partial charge < -0.3 is 10.1 Å². The van der Waals surface area contributed by atoms with Crippen LogP contribution in [0.5, 0.6) is 5.88 Å². The monoisotopic (exact) mass is 242 g/mol. The van der Waals surface area contributed by atoms with E-state index < -0.39 is 36.1 Å². The summed E-state index contributed by atoms with van der Waals surface area (Å²) in [5, 5.41) is 2.25. The lowest BCUT2D eigenvalue weighted by Crippen LogP contribution is -2.20. The number of pyridine rings is 1. The summed E-state index contributed by atoms with van der Waals surface area (Å²) in [5.41, 5.74) is 0. The number of rotatable bonds is 3. The molecular formula is C8H7F5N2O. The van der Waals surface area contributed by atoms with Crippen LogP contribution in [0.25, 0.3) is 0 Å². The number of halogens is 5. The normalized spacial score (nSPS) is 11.4. The van der Waals surface area contributed by atoms with Crippen molar-refractivity contribution in [3.8, 4) is 5.88 Å². The van der Waals surface area contributed by atoms with Gasteiger partial charge in [0.25, 0.3) is 5.88 Å². The average Bonchev–Trinajstić information content (AvgIpc) is 2.15. The van der Waals surface area contributed by atoms with Crippen molar-refractivity contribution in [3.05, 3.63) is 17.7 Å². The van der Waals surface area contributed by atoms with E-state index in [4.69, 9.17) is 0 Å². The molecule has 1 N–H and O–H groups in total. The number of aromatic nitrogens is 1. The van der Waals surface area contributed by atoms with Gasteiger partial charge in [0.15, 0.2) is 24.1 Å². The summed E-state index contributed by atoms with van der Waals surface area (Å²) in [6, 6.07) is 0.393. The molecule has 1 aromatic rings. The third-order valence-electron chi connectivity index (χ3n) is 1.51. The minimum absolute atomic E-state index is 0.390. The fraction of sp³-hybridized carbons (Fsp3) is 0.375. The Balaban J connectivity index is 2.88. The topological polar surface area (TPSA) is 34.2 Å². The van der Waals surface area contributed by atoms with Crippen molar-refractivity contribution in [2.75, 3.05) is 19.0 Å². The molecule has 0 amide bonds. The zero-order chi connectivity index (χ0) is 12.3. The van der Waals surface area contributed by atoms with Gasteiger partial charge in [-0.25, -0.2) is 8.78 Å². The molecule has 0 fully saturated rings. The quantitative estimate of drug-likeness (QED) is 0.826. The van der Waals surface area contributed by atoms with Crippen LogP contribution in [-0.4, -0.2) is 24.8 Å². The summed E-state index contributed by atoms with van der Waals surface area (Å²) < 4.78 is 65.2. The first-order valence-corrected chi connectivity index (χ1v) is 4.07. The second-order valence-electron chi connectivity index (χ2n) is 2.76. The van der Waals surface area contributed by atoms with Crippen LogP contribution in [0, 0.1) is 11.6 Å². The fourth-order valence-corrected chi connectivity index (χ4v) is 0.876. The van der Waals surface area contributed by atoms with Crippen LogP contribution in [0.2, 0.25) is 0 Å². The minimum Gasteiger partial charge on any atom is -0.466 e. The summed E-state index contributed by atoms with van der Waals surface area (Å²) in [6.07, 6.45) is -4.61. The van der Waals surface area contributed by atoms with Crippen LogP contribution in [0.4, 0.5) is 27.8 Å². The summed E-state index contributed by atoms with van der Waals surface area (Å²) in [6.45, 7) is -1.69. The Morgan fingerprint density at radius 1 is 1.31 bits per heavy atom. The number of alkyl halides is 3. The zero-order valence-corrected chi connectivity index (χ0v) is 8.03. The number of hydrogen-bond acceptors (Lipinski definition) is 3. The van der Waals surface area contributed by atoms with Crippen molar-refractivity contribution < 1.29 is 26.7 Å². The van der Waals surface area contributed by atoms with Crippen molar-refractivity contribution in [1.82, 2.24) is 4.98 Å². The van der Waals surface area contributed by atoms with E-state index in [1.54, 1.807) is 0 Å². The molecule has 0 radical (unpaired) electrons. The van der Waals surface area contributed by atoms with Gasteiger partial charge in [-0.1, -0.05) is 0 Å². The lowest BCUT2D eigenvalue weighted by molar-refractivity contribution is -0.154. The lowest BCUT2D eigenvalue weighted by Gasteiger charge is -2.10. The van der Waals surface area contributed by atoms with E-state index in [9.17, 15) is 22.0 Å². The lowest BCUT2D eigenvalue weighted by atomic mass is 10.4. The predicted octanol–water partition coefficient (Wildman–Crippen LogP) is 2.34. The molecule has 0 aromatic carbocycles. The van der Waals surface area contributed by atoms with E-state index in [-0.39, 0.29) is 0 Å². The standard InChI is InChI=1S/C8H7F5N2O/c1-14-6-4(9)2-5(10)7(15-6)16-3-8(11,12)13/h2H,3H2,1H3,(H,14,15). The minimum atomic E-state index is -4.61. The second-order valence-corrected chi connectivity index (χ2v) is 2.76. The maximum absolute atomic E-state index is 12.9. The summed E-state index contributed by atoms with van der Waals surface area (Å²) >= 11 is 0. The van der Waals surface area contributed by atoms with Crippen molar-refractivity contribution in [1.29, 1.82) is 0 Å².